The molecule has 0 spiro atoms. The number of ketones is 1. The first-order valence-electron chi connectivity index (χ1n) is 6.45. The van der Waals surface area contributed by atoms with Gasteiger partial charge in [0, 0.05) is 6.54 Å². The van der Waals surface area contributed by atoms with E-state index in [9.17, 15) is 18.4 Å². The molecule has 0 radical (unpaired) electrons. The minimum atomic E-state index is -0.885. The van der Waals surface area contributed by atoms with Gasteiger partial charge in [-0.1, -0.05) is 13.0 Å². The molecule has 0 atom stereocenters. The van der Waals surface area contributed by atoms with Crippen molar-refractivity contribution in [3.8, 4) is 0 Å². The number of hydrogen-bond acceptors (Lipinski definition) is 3. The fourth-order valence-electron chi connectivity index (χ4n) is 1.78. The molecule has 6 heteroatoms. The van der Waals surface area contributed by atoms with Crippen LogP contribution < -0.4 is 5.32 Å². The highest BCUT2D eigenvalue weighted by molar-refractivity contribution is 5.98. The number of nitrogens with one attached hydrogen (secondary N) is 1. The number of benzene rings is 1. The van der Waals surface area contributed by atoms with Crippen LogP contribution in [0.3, 0.4) is 0 Å². The molecule has 0 bridgehead atoms. The summed E-state index contributed by atoms with van der Waals surface area (Å²) in [6.45, 7) is 4.29. The maximum absolute atomic E-state index is 13.5. The topological polar surface area (TPSA) is 49.4 Å². The van der Waals surface area contributed by atoms with Crippen molar-refractivity contribution >= 4 is 11.7 Å². The Morgan fingerprint density at radius 1 is 1.15 bits per heavy atom. The first-order valence-corrected chi connectivity index (χ1v) is 6.45. The number of likely N-dealkylation sites (N-methyl/N-ethyl adjacent to an activating group) is 2. The molecule has 110 valence electrons. The zero-order valence-electron chi connectivity index (χ0n) is 11.6. The van der Waals surface area contributed by atoms with E-state index in [4.69, 9.17) is 0 Å². The normalized spacial score (nSPS) is 10.7. The summed E-state index contributed by atoms with van der Waals surface area (Å²) in [6, 6.07) is 3.28. The van der Waals surface area contributed by atoms with Crippen LogP contribution in [0.25, 0.3) is 0 Å². The third-order valence-corrected chi connectivity index (χ3v) is 2.80. The predicted molar refractivity (Wildman–Crippen MR) is 71.5 cm³/mol. The largest absolute Gasteiger partial charge is 0.355 e. The Labute approximate surface area is 116 Å². The van der Waals surface area contributed by atoms with E-state index in [0.29, 0.717) is 13.1 Å². The fraction of sp³-hybridized carbons (Fsp3) is 0.429. The van der Waals surface area contributed by atoms with Crippen LogP contribution in [0, 0.1) is 11.6 Å². The molecule has 0 saturated heterocycles. The highest BCUT2D eigenvalue weighted by atomic mass is 19.1. The van der Waals surface area contributed by atoms with E-state index >= 15 is 0 Å². The Bertz CT molecular complexity index is 472. The number of amides is 1. The Balaban J connectivity index is 2.75. The average Bonchev–Trinajstić information content (AvgIpc) is 2.38. The number of halogens is 2. The summed E-state index contributed by atoms with van der Waals surface area (Å²) in [5.74, 6) is -2.67. The molecule has 1 amide bonds. The van der Waals surface area contributed by atoms with Crippen molar-refractivity contribution in [2.45, 2.75) is 13.8 Å². The molecule has 1 rings (SSSR count). The van der Waals surface area contributed by atoms with Crippen molar-refractivity contribution in [2.75, 3.05) is 26.2 Å². The van der Waals surface area contributed by atoms with Crippen LogP contribution in [0.4, 0.5) is 8.78 Å². The number of nitrogens with zero attached hydrogens (tertiary/aromatic N) is 1. The Morgan fingerprint density at radius 3 is 2.25 bits per heavy atom. The van der Waals surface area contributed by atoms with Crippen molar-refractivity contribution in [3.05, 3.63) is 35.4 Å². The van der Waals surface area contributed by atoms with E-state index in [1.165, 1.54) is 11.0 Å². The van der Waals surface area contributed by atoms with E-state index in [1.807, 2.05) is 0 Å². The summed E-state index contributed by atoms with van der Waals surface area (Å²) in [5, 5.41) is 2.61. The minimum Gasteiger partial charge on any atom is -0.355 e. The second kappa shape index (κ2) is 7.69. The smallest absolute Gasteiger partial charge is 0.234 e. The molecule has 0 aliphatic rings. The molecule has 0 heterocycles. The number of hydrogen-bond donors (Lipinski definition) is 1. The van der Waals surface area contributed by atoms with Gasteiger partial charge in [-0.25, -0.2) is 8.78 Å². The molecule has 0 aliphatic heterocycles. The quantitative estimate of drug-likeness (QED) is 0.774. The number of rotatable bonds is 7. The van der Waals surface area contributed by atoms with Crippen LogP contribution in [0.15, 0.2) is 18.2 Å². The fourth-order valence-corrected chi connectivity index (χ4v) is 1.78. The van der Waals surface area contributed by atoms with Crippen molar-refractivity contribution in [3.63, 3.8) is 0 Å². The molecular weight excluding hydrogens is 266 g/mol. The molecular formula is C14H18F2N2O2. The van der Waals surface area contributed by atoms with Gasteiger partial charge in [0.15, 0.2) is 5.78 Å². The zero-order valence-corrected chi connectivity index (χ0v) is 11.6. The maximum Gasteiger partial charge on any atom is 0.234 e. The molecule has 1 aromatic rings. The van der Waals surface area contributed by atoms with Crippen LogP contribution in [0.2, 0.25) is 0 Å². The van der Waals surface area contributed by atoms with Gasteiger partial charge in [0.25, 0.3) is 0 Å². The van der Waals surface area contributed by atoms with E-state index < -0.39 is 23.0 Å². The van der Waals surface area contributed by atoms with Crippen molar-refractivity contribution in [1.82, 2.24) is 10.2 Å². The number of carbonyl (C=O) groups excluding carboxylic acids is 2. The lowest BCUT2D eigenvalue weighted by molar-refractivity contribution is -0.121. The lowest BCUT2D eigenvalue weighted by Gasteiger charge is -2.19. The Morgan fingerprint density at radius 2 is 1.75 bits per heavy atom. The molecule has 0 unspecified atom stereocenters. The van der Waals surface area contributed by atoms with Gasteiger partial charge in [0.05, 0.1) is 18.7 Å². The molecule has 0 aliphatic carbocycles. The zero-order chi connectivity index (χ0) is 15.1. The summed E-state index contributed by atoms with van der Waals surface area (Å²) < 4.78 is 27.0. The minimum absolute atomic E-state index is 0.0200. The highest BCUT2D eigenvalue weighted by Gasteiger charge is 2.20. The van der Waals surface area contributed by atoms with E-state index in [-0.39, 0.29) is 19.0 Å². The summed E-state index contributed by atoms with van der Waals surface area (Å²) in [5.41, 5.74) is -0.554. The van der Waals surface area contributed by atoms with Gasteiger partial charge in [-0.2, -0.15) is 0 Å². The number of Topliss-reactive ketones (excluding diaryl/α,β-unsaturated/α-hetero) is 1. The molecule has 20 heavy (non-hydrogen) atoms. The maximum atomic E-state index is 13.5. The summed E-state index contributed by atoms with van der Waals surface area (Å²) in [7, 11) is 0. The van der Waals surface area contributed by atoms with Crippen LogP contribution in [0.1, 0.15) is 24.2 Å². The molecule has 0 fully saturated rings. The average molecular weight is 284 g/mol. The second-order valence-electron chi connectivity index (χ2n) is 4.28. The van der Waals surface area contributed by atoms with E-state index in [0.717, 1.165) is 12.1 Å². The lowest BCUT2D eigenvalue weighted by Crippen LogP contribution is -2.39. The van der Waals surface area contributed by atoms with Gasteiger partial charge in [0.1, 0.15) is 11.6 Å². The SMILES string of the molecule is CCNC(=O)CN(CC)CC(=O)c1c(F)cccc1F. The first kappa shape index (κ1) is 16.2. The lowest BCUT2D eigenvalue weighted by atomic mass is 10.1. The first-order chi connectivity index (χ1) is 9.49. The monoisotopic (exact) mass is 284 g/mol. The van der Waals surface area contributed by atoms with Crippen molar-refractivity contribution in [1.29, 1.82) is 0 Å². The molecule has 1 aromatic carbocycles. The van der Waals surface area contributed by atoms with Crippen molar-refractivity contribution < 1.29 is 18.4 Å². The van der Waals surface area contributed by atoms with Crippen LogP contribution >= 0.6 is 0 Å². The molecule has 1 N–H and O–H groups in total. The molecule has 0 aromatic heterocycles. The van der Waals surface area contributed by atoms with Crippen molar-refractivity contribution in [2.24, 2.45) is 0 Å². The third kappa shape index (κ3) is 4.38. The van der Waals surface area contributed by atoms with Gasteiger partial charge in [-0.05, 0) is 25.6 Å². The van der Waals surface area contributed by atoms with Gasteiger partial charge in [0.2, 0.25) is 5.91 Å². The summed E-state index contributed by atoms with van der Waals surface area (Å²) >= 11 is 0. The van der Waals surface area contributed by atoms with Crippen LogP contribution in [-0.4, -0.2) is 42.8 Å². The number of carbonyl (C=O) groups is 2. The van der Waals surface area contributed by atoms with Gasteiger partial charge in [-0.3, -0.25) is 14.5 Å². The van der Waals surface area contributed by atoms with Crippen LogP contribution in [0.5, 0.6) is 0 Å². The van der Waals surface area contributed by atoms with E-state index in [2.05, 4.69) is 5.32 Å². The highest BCUT2D eigenvalue weighted by Crippen LogP contribution is 2.13. The van der Waals surface area contributed by atoms with Gasteiger partial charge >= 0.3 is 0 Å². The molecule has 0 saturated carbocycles. The third-order valence-electron chi connectivity index (χ3n) is 2.80. The van der Waals surface area contributed by atoms with E-state index in [1.54, 1.807) is 13.8 Å². The van der Waals surface area contributed by atoms with Crippen LogP contribution in [-0.2, 0) is 4.79 Å². The summed E-state index contributed by atoms with van der Waals surface area (Å²) in [4.78, 5) is 24.9. The standard InChI is InChI=1S/C14H18F2N2O2/c1-3-17-13(20)9-18(4-2)8-12(19)14-10(15)6-5-7-11(14)16/h5-7H,3-4,8-9H2,1-2H3,(H,17,20). The Kier molecular flexibility index (Phi) is 6.24. The summed E-state index contributed by atoms with van der Waals surface area (Å²) in [6.07, 6.45) is 0. The molecule has 4 nitrogen and oxygen atoms in total. The second-order valence-corrected chi connectivity index (χ2v) is 4.28. The van der Waals surface area contributed by atoms with Gasteiger partial charge < -0.3 is 5.32 Å². The Hall–Kier alpha value is -1.82. The predicted octanol–water partition coefficient (Wildman–Crippen LogP) is 1.61. The van der Waals surface area contributed by atoms with Gasteiger partial charge in [-0.15, -0.1) is 0 Å².